The van der Waals surface area contributed by atoms with Crippen LogP contribution in [-0.2, 0) is 13.1 Å². The number of nitrogens with one attached hydrogen (secondary N) is 1. The summed E-state index contributed by atoms with van der Waals surface area (Å²) in [6.45, 7) is 5.82. The molecule has 114 valence electrons. The van der Waals surface area contributed by atoms with Gasteiger partial charge in [0.05, 0.1) is 8.81 Å². The lowest BCUT2D eigenvalue weighted by atomic mass is 10.2. The molecule has 0 fully saturated rings. The number of thiophene rings is 1. The molecule has 0 unspecified atom stereocenters. The predicted molar refractivity (Wildman–Crippen MR) is 95.3 cm³/mol. The van der Waals surface area contributed by atoms with Crippen molar-refractivity contribution in [1.82, 2.24) is 10.3 Å². The lowest BCUT2D eigenvalue weighted by Crippen LogP contribution is -2.23. The fourth-order valence-electron chi connectivity index (χ4n) is 1.91. The topological polar surface area (TPSA) is 28.2 Å². The zero-order chi connectivity index (χ0) is 15.4. The normalized spacial score (nSPS) is 11.1. The highest BCUT2D eigenvalue weighted by molar-refractivity contribution is 9.11. The van der Waals surface area contributed by atoms with Gasteiger partial charge in [-0.05, 0) is 44.6 Å². The van der Waals surface area contributed by atoms with Crippen LogP contribution in [0.1, 0.15) is 25.0 Å². The Morgan fingerprint density at radius 3 is 2.81 bits per heavy atom. The van der Waals surface area contributed by atoms with E-state index in [9.17, 15) is 0 Å². The second kappa shape index (κ2) is 7.58. The van der Waals surface area contributed by atoms with Gasteiger partial charge in [-0.15, -0.1) is 11.3 Å². The maximum Gasteiger partial charge on any atom is 0.128 e. The molecule has 0 aromatic carbocycles. The Labute approximate surface area is 143 Å². The third kappa shape index (κ3) is 4.95. The maximum absolute atomic E-state index is 6.22. The monoisotopic (exact) mass is 387 g/mol. The van der Waals surface area contributed by atoms with Gasteiger partial charge in [-0.25, -0.2) is 4.98 Å². The standard InChI is InChI=1S/C15H19BrClN3S/c1-10(2)18-6-12-5-15(19-7-13(12)17)20(3)8-11-4-14(16)21-9-11/h4-5,7,9-10,18H,6,8H2,1-3H3. The summed E-state index contributed by atoms with van der Waals surface area (Å²) >= 11 is 11.4. The zero-order valence-corrected chi connectivity index (χ0v) is 15.5. The average Bonchev–Trinajstić information content (AvgIpc) is 2.83. The van der Waals surface area contributed by atoms with E-state index in [1.54, 1.807) is 17.5 Å². The number of anilines is 1. The van der Waals surface area contributed by atoms with E-state index in [0.717, 1.165) is 28.3 Å². The van der Waals surface area contributed by atoms with E-state index in [1.165, 1.54) is 5.56 Å². The summed E-state index contributed by atoms with van der Waals surface area (Å²) in [4.78, 5) is 6.56. The van der Waals surface area contributed by atoms with Crippen LogP contribution in [0.3, 0.4) is 0 Å². The van der Waals surface area contributed by atoms with Crippen molar-refractivity contribution in [2.24, 2.45) is 0 Å². The van der Waals surface area contributed by atoms with Crippen LogP contribution in [0.5, 0.6) is 0 Å². The molecule has 2 heterocycles. The second-order valence-electron chi connectivity index (χ2n) is 5.28. The molecule has 3 nitrogen and oxygen atoms in total. The first-order valence-electron chi connectivity index (χ1n) is 6.77. The van der Waals surface area contributed by atoms with Crippen LogP contribution in [0, 0.1) is 0 Å². The largest absolute Gasteiger partial charge is 0.355 e. The van der Waals surface area contributed by atoms with Crippen LogP contribution in [0.4, 0.5) is 5.82 Å². The van der Waals surface area contributed by atoms with Gasteiger partial charge in [-0.2, -0.15) is 0 Å². The molecule has 0 aliphatic rings. The van der Waals surface area contributed by atoms with Gasteiger partial charge in [0, 0.05) is 32.4 Å². The zero-order valence-electron chi connectivity index (χ0n) is 12.4. The van der Waals surface area contributed by atoms with Crippen LogP contribution in [0.25, 0.3) is 0 Å². The van der Waals surface area contributed by atoms with Gasteiger partial charge in [-0.3, -0.25) is 0 Å². The summed E-state index contributed by atoms with van der Waals surface area (Å²) in [5.74, 6) is 0.933. The van der Waals surface area contributed by atoms with Gasteiger partial charge in [0.2, 0.25) is 0 Å². The first-order chi connectivity index (χ1) is 9.95. The molecule has 2 aromatic heterocycles. The molecule has 2 rings (SSSR count). The van der Waals surface area contributed by atoms with Gasteiger partial charge < -0.3 is 10.2 Å². The van der Waals surface area contributed by atoms with Crippen molar-refractivity contribution in [3.8, 4) is 0 Å². The molecular formula is C15H19BrClN3S. The summed E-state index contributed by atoms with van der Waals surface area (Å²) in [6, 6.07) is 4.62. The molecule has 0 atom stereocenters. The highest BCUT2D eigenvalue weighted by Crippen LogP contribution is 2.24. The summed E-state index contributed by atoms with van der Waals surface area (Å²) < 4.78 is 1.15. The fraction of sp³-hybridized carbons (Fsp3) is 0.400. The quantitative estimate of drug-likeness (QED) is 0.778. The van der Waals surface area contributed by atoms with Crippen molar-refractivity contribution in [2.75, 3.05) is 11.9 Å². The lowest BCUT2D eigenvalue weighted by molar-refractivity contribution is 0.588. The molecule has 6 heteroatoms. The van der Waals surface area contributed by atoms with Gasteiger partial charge in [0.25, 0.3) is 0 Å². The first kappa shape index (κ1) is 16.7. The predicted octanol–water partition coefficient (Wildman–Crippen LogP) is 4.69. The average molecular weight is 389 g/mol. The molecule has 0 radical (unpaired) electrons. The van der Waals surface area contributed by atoms with E-state index in [2.05, 4.69) is 62.5 Å². The lowest BCUT2D eigenvalue weighted by Gasteiger charge is -2.19. The minimum atomic E-state index is 0.429. The fourth-order valence-corrected chi connectivity index (χ4v) is 3.28. The number of hydrogen-bond acceptors (Lipinski definition) is 4. The van der Waals surface area contributed by atoms with E-state index in [0.29, 0.717) is 11.1 Å². The molecule has 0 amide bonds. The maximum atomic E-state index is 6.22. The first-order valence-corrected chi connectivity index (χ1v) is 8.82. The van der Waals surface area contributed by atoms with E-state index < -0.39 is 0 Å². The molecule has 21 heavy (non-hydrogen) atoms. The smallest absolute Gasteiger partial charge is 0.128 e. The molecule has 0 aliphatic heterocycles. The SMILES string of the molecule is CC(C)NCc1cc(N(C)Cc2csc(Br)c2)ncc1Cl. The Balaban J connectivity index is 2.09. The number of aromatic nitrogens is 1. The minimum Gasteiger partial charge on any atom is -0.355 e. The van der Waals surface area contributed by atoms with Crippen molar-refractivity contribution < 1.29 is 0 Å². The summed E-state index contributed by atoms with van der Waals surface area (Å²) in [7, 11) is 2.04. The van der Waals surface area contributed by atoms with Crippen LogP contribution >= 0.6 is 38.9 Å². The van der Waals surface area contributed by atoms with Crippen molar-refractivity contribution in [3.63, 3.8) is 0 Å². The molecule has 2 aromatic rings. The van der Waals surface area contributed by atoms with Crippen LogP contribution in [-0.4, -0.2) is 18.1 Å². The number of nitrogens with zero attached hydrogens (tertiary/aromatic N) is 2. The van der Waals surface area contributed by atoms with Crippen LogP contribution in [0.2, 0.25) is 5.02 Å². The van der Waals surface area contributed by atoms with E-state index in [4.69, 9.17) is 11.6 Å². The third-order valence-corrected chi connectivity index (χ3v) is 4.95. The van der Waals surface area contributed by atoms with Gasteiger partial charge in [0.15, 0.2) is 0 Å². The highest BCUT2D eigenvalue weighted by Gasteiger charge is 2.09. The number of hydrogen-bond donors (Lipinski definition) is 1. The Hall–Kier alpha value is -0.620. The highest BCUT2D eigenvalue weighted by atomic mass is 79.9. The van der Waals surface area contributed by atoms with Crippen LogP contribution < -0.4 is 10.2 Å². The third-order valence-electron chi connectivity index (χ3n) is 3.05. The van der Waals surface area contributed by atoms with Crippen molar-refractivity contribution in [3.05, 3.63) is 43.6 Å². The molecular weight excluding hydrogens is 370 g/mol. The summed E-state index contributed by atoms with van der Waals surface area (Å²) in [6.07, 6.45) is 1.73. The Kier molecular flexibility index (Phi) is 6.05. The molecule has 0 spiro atoms. The van der Waals surface area contributed by atoms with Crippen molar-refractivity contribution in [2.45, 2.75) is 33.0 Å². The second-order valence-corrected chi connectivity index (χ2v) is 7.98. The van der Waals surface area contributed by atoms with E-state index in [1.807, 2.05) is 7.05 Å². The number of rotatable bonds is 6. The Morgan fingerprint density at radius 1 is 1.43 bits per heavy atom. The van der Waals surface area contributed by atoms with Gasteiger partial charge in [0.1, 0.15) is 5.82 Å². The Morgan fingerprint density at radius 2 is 2.19 bits per heavy atom. The molecule has 0 bridgehead atoms. The molecule has 1 N–H and O–H groups in total. The van der Waals surface area contributed by atoms with Gasteiger partial charge in [-0.1, -0.05) is 25.4 Å². The number of pyridine rings is 1. The van der Waals surface area contributed by atoms with Crippen molar-refractivity contribution in [1.29, 1.82) is 0 Å². The van der Waals surface area contributed by atoms with E-state index >= 15 is 0 Å². The van der Waals surface area contributed by atoms with Gasteiger partial charge >= 0.3 is 0 Å². The molecule has 0 saturated carbocycles. The van der Waals surface area contributed by atoms with E-state index in [-0.39, 0.29) is 0 Å². The minimum absolute atomic E-state index is 0.429. The number of halogens is 2. The summed E-state index contributed by atoms with van der Waals surface area (Å²) in [5.41, 5.74) is 2.35. The van der Waals surface area contributed by atoms with Crippen LogP contribution in [0.15, 0.2) is 27.5 Å². The Bertz CT molecular complexity index is 600. The van der Waals surface area contributed by atoms with Crippen molar-refractivity contribution >= 4 is 44.7 Å². The summed E-state index contributed by atoms with van der Waals surface area (Å²) in [5, 5.41) is 6.24. The molecule has 0 saturated heterocycles. The molecule has 0 aliphatic carbocycles.